The minimum absolute atomic E-state index is 0. The third kappa shape index (κ3) is 42.6. The number of aromatic amines is 2. The standard InChI is InChI=1S/C18H19N3O3.C10H13NO2.C9H12O3.C8H7ClN2O.2C8H8N2O2.C2H6N2.Cl3OP.ClH.Li.H2O4S.2H2O.2H2S/c1-10-9-15-16(20-12(3)21-17(15)24-10)19-11(2)13-5-7-14(8-6-13)18(22)23-4;1-7(11)8-3-5-9(6-4-8)10(12)13-2;1-4-6-8(7(3)10)9(11)12-5-2;1-4-3-6-7(9)10-5(2)11-8(6)12-4;1-4-3-6-7(11)9-5(2)10-8(6)12-4;1-3-4-6-7(11)9-5(2)10-8(6)12;1-2(3)4;1-5(2,3)4;;;1-5(2,3)4;;;;/h5-9,11H,1-4H3,(H,19,20,21);3-7H,11H2,1-2H3;1,8H,5-6H2,2-3H3;3H,1-2H3;3H,1-2H3,(H,9,10,11);1H,4H2,2H3,(H2,9,10,11,12);1H3,(H3,3,4);;1H;;(H2,1,2,3,4);4*1H2/q;;;;;;;;;+1;;;;;/p-1/t11-;7-;;;;;;;;;;;;;/m00............./s1. The molecule has 9 rings (SSSR count). The quantitative estimate of drug-likeness (QED) is 0.00560. The molecule has 1 unspecified atom stereocenters. The first-order valence-corrected chi connectivity index (χ1v) is 34.7. The maximum Gasteiger partial charge on any atom is 1.00 e. The number of fused-ring (bicyclic) bond motifs is 3. The van der Waals surface area contributed by atoms with Crippen molar-refractivity contribution < 1.29 is 104 Å². The number of nitrogens with zero attached hydrogens (tertiary/aromatic N) is 6. The predicted molar refractivity (Wildman–Crippen MR) is 410 cm³/mol. The van der Waals surface area contributed by atoms with Crippen molar-refractivity contribution in [3.63, 3.8) is 0 Å². The molecule has 574 valence electrons. The Labute approximate surface area is 656 Å². The number of benzene rings is 2. The van der Waals surface area contributed by atoms with Crippen molar-refractivity contribution in [2.24, 2.45) is 17.4 Å². The number of H-pyrrole nitrogens is 2. The third-order valence-corrected chi connectivity index (χ3v) is 12.0. The Morgan fingerprint density at radius 1 is 0.714 bits per heavy atom. The van der Waals surface area contributed by atoms with E-state index >= 15 is 0 Å². The number of hydrogen-bond acceptors (Lipinski definition) is 26. The molecule has 14 N–H and O–H groups in total. The first-order valence-electron chi connectivity index (χ1n) is 28.5. The second-order valence-electron chi connectivity index (χ2n) is 20.1. The van der Waals surface area contributed by atoms with Crippen LogP contribution >= 0.6 is 89.9 Å². The first kappa shape index (κ1) is 108. The molecule has 7 aromatic heterocycles. The molecule has 3 atom stereocenters. The number of methoxy groups -OCH3 is 2. The van der Waals surface area contributed by atoms with E-state index < -0.39 is 27.5 Å². The van der Waals surface area contributed by atoms with Crippen LogP contribution in [0.5, 0.6) is 5.88 Å². The summed E-state index contributed by atoms with van der Waals surface area (Å²) in [5, 5.41) is 18.2. The zero-order valence-corrected chi connectivity index (χ0v) is 66.9. The Bertz CT molecular complexity index is 4590. The zero-order chi connectivity index (χ0) is 75.8. The summed E-state index contributed by atoms with van der Waals surface area (Å²) in [6, 6.07) is 19.8. The molecular weight excluding hydrogens is 1560 g/mol. The summed E-state index contributed by atoms with van der Waals surface area (Å²) in [5.74, 6) is 7.44. The van der Waals surface area contributed by atoms with Crippen molar-refractivity contribution in [2.45, 2.75) is 108 Å². The maximum atomic E-state index is 11.5. The van der Waals surface area contributed by atoms with Crippen LogP contribution in [0.3, 0.4) is 0 Å². The van der Waals surface area contributed by atoms with E-state index in [-0.39, 0.29) is 147 Å². The van der Waals surface area contributed by atoms with Crippen molar-refractivity contribution in [3.8, 4) is 30.6 Å². The molecule has 0 saturated heterocycles. The second-order valence-corrected chi connectivity index (χ2v) is 28.0. The van der Waals surface area contributed by atoms with Gasteiger partial charge in [-0.1, -0.05) is 35.9 Å². The molecule has 0 aliphatic carbocycles. The van der Waals surface area contributed by atoms with Crippen LogP contribution in [0.2, 0.25) is 5.15 Å². The molecule has 2 aromatic carbocycles. The minimum atomic E-state index is -4.67. The van der Waals surface area contributed by atoms with Gasteiger partial charge in [0, 0.05) is 24.9 Å². The van der Waals surface area contributed by atoms with E-state index in [9.17, 15) is 38.4 Å². The number of furan rings is 3. The molecular formula is C63H83Cl5LiN12O20PS3. The van der Waals surface area contributed by atoms with Gasteiger partial charge in [-0.3, -0.25) is 38.3 Å². The van der Waals surface area contributed by atoms with Gasteiger partial charge >= 0.3 is 52.4 Å². The number of carbonyl (C=O) groups excluding carboxylic acids is 4. The number of hydrogen-bond donors (Lipinski definition) is 9. The molecule has 0 amide bonds. The van der Waals surface area contributed by atoms with Crippen molar-refractivity contribution in [2.75, 3.05) is 26.1 Å². The number of esters is 3. The molecule has 105 heavy (non-hydrogen) atoms. The number of ketones is 1. The van der Waals surface area contributed by atoms with Crippen LogP contribution in [0, 0.1) is 84.5 Å². The van der Waals surface area contributed by atoms with Crippen LogP contribution < -0.4 is 46.8 Å². The largest absolute Gasteiger partial charge is 1.00 e. The normalized spacial score (nSPS) is 10.5. The number of aryl methyl sites for hydroxylation is 7. The summed E-state index contributed by atoms with van der Waals surface area (Å²) < 4.78 is 71.1. The number of ether oxygens (including phenoxy) is 3. The van der Waals surface area contributed by atoms with E-state index in [1.54, 1.807) is 65.0 Å². The second kappa shape index (κ2) is 52.9. The molecule has 0 saturated carbocycles. The third-order valence-electron chi connectivity index (χ3n) is 11.7. The van der Waals surface area contributed by atoms with Gasteiger partial charge in [-0.05, 0) is 170 Å². The van der Waals surface area contributed by atoms with Gasteiger partial charge < -0.3 is 70.3 Å². The summed E-state index contributed by atoms with van der Waals surface area (Å²) in [4.78, 5) is 96.4. The number of halogens is 5. The molecule has 0 bridgehead atoms. The Balaban J connectivity index is -0.000000272. The van der Waals surface area contributed by atoms with Gasteiger partial charge in [-0.2, -0.15) is 50.4 Å². The smallest absolute Gasteiger partial charge is 0.870 e. The van der Waals surface area contributed by atoms with Crippen LogP contribution in [-0.4, -0.2) is 124 Å². The fourth-order valence-electron chi connectivity index (χ4n) is 7.49. The summed E-state index contributed by atoms with van der Waals surface area (Å²) in [6.45, 7) is 21.2. The van der Waals surface area contributed by atoms with Gasteiger partial charge in [0.2, 0.25) is 23.0 Å². The molecule has 7 heterocycles. The Hall–Kier alpha value is -8.02. The van der Waals surface area contributed by atoms with Crippen molar-refractivity contribution in [1.82, 2.24) is 39.9 Å². The Morgan fingerprint density at radius 2 is 1.10 bits per heavy atom. The maximum absolute atomic E-state index is 11.5. The number of nitrogens with one attached hydrogen (secondary N) is 4. The first-order chi connectivity index (χ1) is 46.0. The number of nitrogens with two attached hydrogens (primary N) is 2. The summed E-state index contributed by atoms with van der Waals surface area (Å²) in [6.07, 6.45) is 10.2. The molecule has 0 aliphatic rings. The van der Waals surface area contributed by atoms with E-state index in [2.05, 4.69) is 100 Å². The van der Waals surface area contributed by atoms with Crippen LogP contribution in [0.4, 0.5) is 5.82 Å². The van der Waals surface area contributed by atoms with Crippen molar-refractivity contribution in [1.29, 1.82) is 5.41 Å². The molecule has 0 fully saturated rings. The number of amidine groups is 1. The van der Waals surface area contributed by atoms with E-state index in [1.807, 2.05) is 71.0 Å². The van der Waals surface area contributed by atoms with Gasteiger partial charge in [0.25, 0.3) is 11.1 Å². The molecule has 42 heteroatoms. The van der Waals surface area contributed by atoms with E-state index in [4.69, 9.17) is 76.8 Å². The average Bonchev–Trinajstić information content (AvgIpc) is 1.70. The average molecular weight is 1640 g/mol. The predicted octanol–water partition coefficient (Wildman–Crippen LogP) is 8.41. The number of terminal acetylenes is 2. The summed E-state index contributed by atoms with van der Waals surface area (Å²) in [7, 11) is -1.93. The van der Waals surface area contributed by atoms with Crippen LogP contribution in [0.15, 0.2) is 89.6 Å². The van der Waals surface area contributed by atoms with Crippen LogP contribution in [0.25, 0.3) is 33.3 Å². The molecule has 0 radical (unpaired) electrons. The van der Waals surface area contributed by atoms with Gasteiger partial charge in [0.1, 0.15) is 68.6 Å². The SMILES string of the molecule is C#CCC(C(C)=O)C(=O)OCC.C#CCc1c(O)nc(C)[nH]c1=O.CC(=N)N.COC(=O)c1ccc([C@H](C)N)cc1.COC(=O)c1ccc([C@H](C)Nc2nc(C)nc3oc(C)cc23)cc1.Cc1nc(Cl)c2cc(C)oc2n1.Cc1nc2oc(C)cc2c(=O)[nH]1.Cl.O.O=P(Cl)(Cl)Cl.O=S(=O)(O)O.S.S.[Li+].[OH-]. The number of Topliss-reactive ketones (excluding diaryl/α,β-unsaturated/α-hetero) is 1. The van der Waals surface area contributed by atoms with Crippen molar-refractivity contribution >= 4 is 169 Å². The van der Waals surface area contributed by atoms with E-state index in [0.29, 0.717) is 67.9 Å². The van der Waals surface area contributed by atoms with Crippen molar-refractivity contribution in [3.05, 3.63) is 161 Å². The van der Waals surface area contributed by atoms with Gasteiger partial charge in [-0.15, -0.1) is 37.1 Å². The molecule has 0 aliphatic heterocycles. The molecule has 32 nitrogen and oxygen atoms in total. The Kier molecular flexibility index (Phi) is 54.3. The zero-order valence-electron chi connectivity index (χ0n) is 59.4. The fraction of sp³-hybridized carbons (Fsp3) is 0.317. The van der Waals surface area contributed by atoms with Crippen LogP contribution in [-0.2, 0) is 45.2 Å². The number of carbonyl (C=O) groups is 4. The van der Waals surface area contributed by atoms with Crippen LogP contribution in [0.1, 0.15) is 131 Å². The summed E-state index contributed by atoms with van der Waals surface area (Å²) >= 11 is 19.7. The Morgan fingerprint density at radius 3 is 1.49 bits per heavy atom. The summed E-state index contributed by atoms with van der Waals surface area (Å²) in [5.41, 5.74) is 14.6. The molecule has 0 spiro atoms. The van der Waals surface area contributed by atoms with E-state index in [1.165, 1.54) is 28.1 Å². The fourth-order valence-corrected chi connectivity index (χ4v) is 7.75. The minimum Gasteiger partial charge on any atom is -0.870 e. The number of anilines is 1. The molecule has 9 aromatic rings. The van der Waals surface area contributed by atoms with Gasteiger partial charge in [0.15, 0.2) is 0 Å². The topological polar surface area (TPSA) is 540 Å². The monoisotopic (exact) mass is 1640 g/mol. The number of rotatable bonds is 11. The van der Waals surface area contributed by atoms with Gasteiger partial charge in [-0.25, -0.2) is 24.5 Å². The number of aromatic hydroxyl groups is 1. The van der Waals surface area contributed by atoms with E-state index in [0.717, 1.165) is 39.2 Å². The van der Waals surface area contributed by atoms with Gasteiger partial charge in [0.05, 0.1) is 54.1 Å². The number of aromatic nitrogens is 8.